The topological polar surface area (TPSA) is 80.9 Å². The van der Waals surface area contributed by atoms with E-state index < -0.39 is 0 Å². The molecule has 0 saturated carbocycles. The summed E-state index contributed by atoms with van der Waals surface area (Å²) in [7, 11) is 1.89. The summed E-state index contributed by atoms with van der Waals surface area (Å²) >= 11 is 0. The SMILES string of the molecule is Cn1cc(CNc2ccc(C(=O)N3CCCC[C@@H]3CCn3cccn3)cn2)cn1. The molecule has 1 N–H and O–H groups in total. The van der Waals surface area contributed by atoms with E-state index in [4.69, 9.17) is 0 Å². The third kappa shape index (κ3) is 4.82. The zero-order valence-corrected chi connectivity index (χ0v) is 16.7. The van der Waals surface area contributed by atoms with Gasteiger partial charge in [0.25, 0.3) is 5.91 Å². The van der Waals surface area contributed by atoms with E-state index in [0.29, 0.717) is 12.1 Å². The molecule has 1 saturated heterocycles. The quantitative estimate of drug-likeness (QED) is 0.668. The minimum absolute atomic E-state index is 0.0708. The third-order valence-corrected chi connectivity index (χ3v) is 5.38. The Morgan fingerprint density at radius 3 is 2.90 bits per heavy atom. The number of aromatic nitrogens is 5. The second-order valence-corrected chi connectivity index (χ2v) is 7.51. The van der Waals surface area contributed by atoms with E-state index in [1.54, 1.807) is 17.1 Å². The molecule has 1 fully saturated rings. The molecule has 1 amide bonds. The van der Waals surface area contributed by atoms with Crippen LogP contribution in [0.3, 0.4) is 0 Å². The molecule has 4 heterocycles. The highest BCUT2D eigenvalue weighted by atomic mass is 16.2. The van der Waals surface area contributed by atoms with Crippen LogP contribution in [0.5, 0.6) is 0 Å². The number of pyridine rings is 1. The molecule has 0 aromatic carbocycles. The highest BCUT2D eigenvalue weighted by molar-refractivity contribution is 5.94. The number of nitrogens with one attached hydrogen (secondary N) is 1. The zero-order valence-electron chi connectivity index (χ0n) is 16.7. The zero-order chi connectivity index (χ0) is 20.1. The van der Waals surface area contributed by atoms with Crippen LogP contribution < -0.4 is 5.32 Å². The average Bonchev–Trinajstić information content (AvgIpc) is 3.42. The molecule has 8 heteroatoms. The summed E-state index contributed by atoms with van der Waals surface area (Å²) in [5.41, 5.74) is 1.73. The van der Waals surface area contributed by atoms with Gasteiger partial charge in [0.05, 0.1) is 11.8 Å². The van der Waals surface area contributed by atoms with Crippen LogP contribution in [0.15, 0.2) is 49.2 Å². The van der Waals surface area contributed by atoms with Crippen molar-refractivity contribution < 1.29 is 4.79 Å². The fourth-order valence-corrected chi connectivity index (χ4v) is 3.83. The summed E-state index contributed by atoms with van der Waals surface area (Å²) in [4.78, 5) is 19.5. The van der Waals surface area contributed by atoms with Gasteiger partial charge in [-0.15, -0.1) is 0 Å². The van der Waals surface area contributed by atoms with Crippen molar-refractivity contribution in [1.82, 2.24) is 29.4 Å². The maximum atomic E-state index is 13.1. The number of aryl methyl sites for hydroxylation is 2. The minimum Gasteiger partial charge on any atom is -0.366 e. The molecular formula is C21H27N7O. The molecule has 8 nitrogen and oxygen atoms in total. The van der Waals surface area contributed by atoms with E-state index in [1.807, 2.05) is 53.4 Å². The van der Waals surface area contributed by atoms with Gasteiger partial charge in [0.15, 0.2) is 0 Å². The second kappa shape index (κ2) is 8.89. The van der Waals surface area contributed by atoms with Crippen LogP contribution in [0.4, 0.5) is 5.82 Å². The summed E-state index contributed by atoms with van der Waals surface area (Å²) in [5.74, 6) is 0.820. The average molecular weight is 393 g/mol. The number of hydrogen-bond acceptors (Lipinski definition) is 5. The van der Waals surface area contributed by atoms with E-state index in [-0.39, 0.29) is 11.9 Å². The maximum absolute atomic E-state index is 13.1. The van der Waals surface area contributed by atoms with Gasteiger partial charge in [-0.2, -0.15) is 10.2 Å². The highest BCUT2D eigenvalue weighted by Crippen LogP contribution is 2.23. The monoisotopic (exact) mass is 393 g/mol. The molecule has 29 heavy (non-hydrogen) atoms. The van der Waals surface area contributed by atoms with Crippen LogP contribution in [0.1, 0.15) is 41.6 Å². The van der Waals surface area contributed by atoms with Crippen molar-refractivity contribution in [2.45, 2.75) is 44.8 Å². The summed E-state index contributed by atoms with van der Waals surface area (Å²) in [5, 5.41) is 11.7. The van der Waals surface area contributed by atoms with E-state index in [9.17, 15) is 4.79 Å². The Morgan fingerprint density at radius 1 is 1.24 bits per heavy atom. The van der Waals surface area contributed by atoms with Gasteiger partial charge in [-0.05, 0) is 43.9 Å². The molecule has 3 aromatic heterocycles. The molecule has 0 radical (unpaired) electrons. The van der Waals surface area contributed by atoms with Gasteiger partial charge in [-0.1, -0.05) is 0 Å². The molecule has 0 bridgehead atoms. The van der Waals surface area contributed by atoms with Crippen molar-refractivity contribution in [3.05, 3.63) is 60.3 Å². The van der Waals surface area contributed by atoms with Crippen molar-refractivity contribution in [2.24, 2.45) is 7.05 Å². The van der Waals surface area contributed by atoms with Gasteiger partial charge < -0.3 is 10.2 Å². The van der Waals surface area contributed by atoms with Crippen LogP contribution in [0.25, 0.3) is 0 Å². The van der Waals surface area contributed by atoms with E-state index in [2.05, 4.69) is 20.5 Å². The molecule has 0 unspecified atom stereocenters. The first-order valence-corrected chi connectivity index (χ1v) is 10.1. The van der Waals surface area contributed by atoms with Gasteiger partial charge in [-0.25, -0.2) is 4.98 Å². The molecular weight excluding hydrogens is 366 g/mol. The Balaban J connectivity index is 1.36. The number of carbonyl (C=O) groups excluding carboxylic acids is 1. The molecule has 0 aliphatic carbocycles. The maximum Gasteiger partial charge on any atom is 0.255 e. The van der Waals surface area contributed by atoms with Crippen LogP contribution >= 0.6 is 0 Å². The number of amides is 1. The summed E-state index contributed by atoms with van der Waals surface area (Å²) in [6, 6.07) is 5.91. The van der Waals surface area contributed by atoms with Crippen LogP contribution in [0.2, 0.25) is 0 Å². The predicted octanol–water partition coefficient (Wildman–Crippen LogP) is 2.71. The van der Waals surface area contributed by atoms with Crippen molar-refractivity contribution in [1.29, 1.82) is 0 Å². The van der Waals surface area contributed by atoms with Crippen molar-refractivity contribution >= 4 is 11.7 Å². The summed E-state index contributed by atoms with van der Waals surface area (Å²) < 4.78 is 3.70. The van der Waals surface area contributed by atoms with Crippen molar-refractivity contribution in [3.8, 4) is 0 Å². The number of anilines is 1. The Morgan fingerprint density at radius 2 is 2.17 bits per heavy atom. The van der Waals surface area contributed by atoms with E-state index in [0.717, 1.165) is 43.7 Å². The summed E-state index contributed by atoms with van der Waals surface area (Å²) in [6.07, 6.45) is 13.4. The first-order chi connectivity index (χ1) is 14.2. The molecule has 1 atom stereocenters. The Bertz CT molecular complexity index is 917. The van der Waals surface area contributed by atoms with Gasteiger partial charge in [0.2, 0.25) is 0 Å². The molecule has 152 valence electrons. The first-order valence-electron chi connectivity index (χ1n) is 10.1. The smallest absolute Gasteiger partial charge is 0.255 e. The lowest BCUT2D eigenvalue weighted by Gasteiger charge is -2.36. The Hall–Kier alpha value is -3.16. The number of hydrogen-bond donors (Lipinski definition) is 1. The fourth-order valence-electron chi connectivity index (χ4n) is 3.83. The van der Waals surface area contributed by atoms with Crippen LogP contribution in [-0.2, 0) is 20.1 Å². The van der Waals surface area contributed by atoms with Crippen LogP contribution in [-0.4, -0.2) is 47.9 Å². The molecule has 3 aromatic rings. The number of carbonyl (C=O) groups is 1. The third-order valence-electron chi connectivity index (χ3n) is 5.38. The molecule has 0 spiro atoms. The molecule has 1 aliphatic rings. The van der Waals surface area contributed by atoms with Gasteiger partial charge >= 0.3 is 0 Å². The predicted molar refractivity (Wildman–Crippen MR) is 110 cm³/mol. The van der Waals surface area contributed by atoms with E-state index >= 15 is 0 Å². The number of rotatable bonds is 7. The molecule has 1 aliphatic heterocycles. The lowest BCUT2D eigenvalue weighted by atomic mass is 9.98. The van der Waals surface area contributed by atoms with Gasteiger partial charge in [-0.3, -0.25) is 14.2 Å². The van der Waals surface area contributed by atoms with Crippen molar-refractivity contribution in [3.63, 3.8) is 0 Å². The number of piperidine rings is 1. The lowest BCUT2D eigenvalue weighted by Crippen LogP contribution is -2.44. The molecule has 4 rings (SSSR count). The van der Waals surface area contributed by atoms with E-state index in [1.165, 1.54) is 6.42 Å². The number of nitrogens with zero attached hydrogens (tertiary/aromatic N) is 6. The lowest BCUT2D eigenvalue weighted by molar-refractivity contribution is 0.0593. The minimum atomic E-state index is 0.0708. The van der Waals surface area contributed by atoms with Gasteiger partial charge in [0.1, 0.15) is 5.82 Å². The number of likely N-dealkylation sites (tertiary alicyclic amines) is 1. The highest BCUT2D eigenvalue weighted by Gasteiger charge is 2.27. The first kappa shape index (κ1) is 19.2. The fraction of sp³-hybridized carbons (Fsp3) is 0.429. The standard InChI is InChI=1S/C21H27N7O/c1-26-16-17(14-25-26)13-22-20-7-6-18(15-23-20)21(29)28-11-3-2-5-19(28)8-12-27-10-4-9-24-27/h4,6-7,9-10,14-16,19H,2-3,5,8,11-13H2,1H3,(H,22,23)/t19-/m1/s1. The van der Waals surface area contributed by atoms with Crippen LogP contribution in [0, 0.1) is 0 Å². The van der Waals surface area contributed by atoms with Gasteiger partial charge in [0, 0.05) is 63.1 Å². The Labute approximate surface area is 170 Å². The largest absolute Gasteiger partial charge is 0.366 e. The Kier molecular flexibility index (Phi) is 5.88. The normalized spacial score (nSPS) is 16.7. The summed E-state index contributed by atoms with van der Waals surface area (Å²) in [6.45, 7) is 2.29. The second-order valence-electron chi connectivity index (χ2n) is 7.51. The van der Waals surface area contributed by atoms with Crippen molar-refractivity contribution in [2.75, 3.05) is 11.9 Å².